The van der Waals surface area contributed by atoms with Crippen LogP contribution in [-0.4, -0.2) is 10.1 Å². The van der Waals surface area contributed by atoms with Crippen LogP contribution in [-0.2, 0) is 12.6 Å². The van der Waals surface area contributed by atoms with Crippen LogP contribution in [0.25, 0.3) is 0 Å². The molecule has 1 N–H and O–H groups in total. The van der Waals surface area contributed by atoms with Crippen LogP contribution in [0, 0.1) is 5.82 Å². The van der Waals surface area contributed by atoms with Crippen molar-refractivity contribution in [3.05, 3.63) is 65.2 Å². The van der Waals surface area contributed by atoms with Crippen molar-refractivity contribution in [3.63, 3.8) is 0 Å². The molecular formula is C14H11F4NO. The minimum Gasteiger partial charge on any atom is -0.388 e. The van der Waals surface area contributed by atoms with Crippen molar-refractivity contribution in [3.8, 4) is 0 Å². The molecule has 0 spiro atoms. The molecule has 0 bridgehead atoms. The number of halogens is 4. The summed E-state index contributed by atoms with van der Waals surface area (Å²) in [5, 5.41) is 9.94. The zero-order valence-corrected chi connectivity index (χ0v) is 10.2. The van der Waals surface area contributed by atoms with Gasteiger partial charge in [0.1, 0.15) is 5.82 Å². The van der Waals surface area contributed by atoms with Gasteiger partial charge in [-0.25, -0.2) is 4.39 Å². The molecule has 0 aliphatic carbocycles. The second kappa shape index (κ2) is 5.58. The van der Waals surface area contributed by atoms with Crippen LogP contribution in [0.1, 0.15) is 22.8 Å². The Kier molecular flexibility index (Phi) is 4.04. The van der Waals surface area contributed by atoms with Crippen LogP contribution in [0.2, 0.25) is 0 Å². The lowest BCUT2D eigenvalue weighted by Crippen LogP contribution is -2.14. The molecular weight excluding hydrogens is 274 g/mol. The third-order valence-electron chi connectivity index (χ3n) is 2.89. The van der Waals surface area contributed by atoms with Crippen LogP contribution >= 0.6 is 0 Å². The molecule has 0 fully saturated rings. The van der Waals surface area contributed by atoms with Crippen molar-refractivity contribution in [2.75, 3.05) is 0 Å². The van der Waals surface area contributed by atoms with Gasteiger partial charge >= 0.3 is 6.18 Å². The minimum atomic E-state index is -4.59. The number of aliphatic hydroxyl groups excluding tert-OH is 1. The summed E-state index contributed by atoms with van der Waals surface area (Å²) in [5.74, 6) is -0.566. The zero-order chi connectivity index (χ0) is 14.8. The summed E-state index contributed by atoms with van der Waals surface area (Å²) in [4.78, 5) is 3.59. The van der Waals surface area contributed by atoms with Crippen LogP contribution < -0.4 is 0 Å². The first-order valence-corrected chi connectivity index (χ1v) is 5.82. The molecule has 1 atom stereocenters. The van der Waals surface area contributed by atoms with Crippen molar-refractivity contribution in [2.45, 2.75) is 18.7 Å². The molecule has 0 amide bonds. The van der Waals surface area contributed by atoms with E-state index in [9.17, 15) is 22.7 Å². The Morgan fingerprint density at radius 2 is 1.85 bits per heavy atom. The highest BCUT2D eigenvalue weighted by molar-refractivity contribution is 5.30. The van der Waals surface area contributed by atoms with Gasteiger partial charge in [0.25, 0.3) is 0 Å². The number of aromatic nitrogens is 1. The summed E-state index contributed by atoms with van der Waals surface area (Å²) in [7, 11) is 0. The lowest BCUT2D eigenvalue weighted by Gasteiger charge is -2.17. The fraction of sp³-hybridized carbons (Fsp3) is 0.214. The van der Waals surface area contributed by atoms with Gasteiger partial charge in [-0.05, 0) is 17.7 Å². The molecule has 0 radical (unpaired) electrons. The van der Waals surface area contributed by atoms with Crippen molar-refractivity contribution in [1.29, 1.82) is 0 Å². The first-order chi connectivity index (χ1) is 9.39. The van der Waals surface area contributed by atoms with E-state index in [0.29, 0.717) is 0 Å². The van der Waals surface area contributed by atoms with Gasteiger partial charge in [0, 0.05) is 24.4 Å². The normalized spacial score (nSPS) is 13.2. The Morgan fingerprint density at radius 1 is 1.15 bits per heavy atom. The molecule has 106 valence electrons. The molecule has 20 heavy (non-hydrogen) atoms. The van der Waals surface area contributed by atoms with E-state index >= 15 is 0 Å². The predicted molar refractivity (Wildman–Crippen MR) is 64.3 cm³/mol. The molecule has 2 rings (SSSR count). The van der Waals surface area contributed by atoms with Gasteiger partial charge in [-0.3, -0.25) is 4.98 Å². The van der Waals surface area contributed by atoms with Crippen LogP contribution in [0.5, 0.6) is 0 Å². The van der Waals surface area contributed by atoms with Gasteiger partial charge in [-0.15, -0.1) is 0 Å². The van der Waals surface area contributed by atoms with Gasteiger partial charge in [-0.2, -0.15) is 13.2 Å². The SMILES string of the molecule is OC(Cc1ccccc1F)c1cnccc1C(F)(F)F. The maximum atomic E-state index is 13.5. The molecule has 0 aliphatic heterocycles. The number of nitrogens with zero attached hydrogens (tertiary/aromatic N) is 1. The summed E-state index contributed by atoms with van der Waals surface area (Å²) in [6, 6.07) is 6.42. The average molecular weight is 285 g/mol. The number of alkyl halides is 3. The van der Waals surface area contributed by atoms with Gasteiger partial charge in [0.05, 0.1) is 11.7 Å². The van der Waals surface area contributed by atoms with Crippen LogP contribution in [0.4, 0.5) is 17.6 Å². The molecule has 0 saturated carbocycles. The largest absolute Gasteiger partial charge is 0.416 e. The number of benzene rings is 1. The van der Waals surface area contributed by atoms with Gasteiger partial charge in [-0.1, -0.05) is 18.2 Å². The average Bonchev–Trinajstić information content (AvgIpc) is 2.40. The number of pyridine rings is 1. The predicted octanol–water partition coefficient (Wildman–Crippen LogP) is 3.52. The van der Waals surface area contributed by atoms with E-state index in [1.165, 1.54) is 18.2 Å². The van der Waals surface area contributed by atoms with Crippen molar-refractivity contribution in [1.82, 2.24) is 4.98 Å². The highest BCUT2D eigenvalue weighted by Crippen LogP contribution is 2.35. The van der Waals surface area contributed by atoms with E-state index < -0.39 is 23.7 Å². The highest BCUT2D eigenvalue weighted by atomic mass is 19.4. The molecule has 6 heteroatoms. The van der Waals surface area contributed by atoms with E-state index in [1.807, 2.05) is 0 Å². The maximum absolute atomic E-state index is 13.5. The summed E-state index contributed by atoms with van der Waals surface area (Å²) in [6.45, 7) is 0. The smallest absolute Gasteiger partial charge is 0.388 e. The topological polar surface area (TPSA) is 33.1 Å². The molecule has 1 unspecified atom stereocenters. The number of hydrogen-bond donors (Lipinski definition) is 1. The Morgan fingerprint density at radius 3 is 2.50 bits per heavy atom. The Balaban J connectivity index is 2.31. The van der Waals surface area contributed by atoms with Gasteiger partial charge in [0.15, 0.2) is 0 Å². The molecule has 0 saturated heterocycles. The summed E-state index contributed by atoms with van der Waals surface area (Å²) >= 11 is 0. The van der Waals surface area contributed by atoms with E-state index in [4.69, 9.17) is 0 Å². The van der Waals surface area contributed by atoms with Gasteiger partial charge in [0.2, 0.25) is 0 Å². The van der Waals surface area contributed by atoms with Gasteiger partial charge < -0.3 is 5.11 Å². The molecule has 0 aliphatic rings. The fourth-order valence-electron chi connectivity index (χ4n) is 1.91. The van der Waals surface area contributed by atoms with Crippen molar-refractivity contribution in [2.24, 2.45) is 0 Å². The quantitative estimate of drug-likeness (QED) is 0.875. The first kappa shape index (κ1) is 14.5. The Bertz CT molecular complexity index is 598. The van der Waals surface area contributed by atoms with E-state index in [2.05, 4.69) is 4.98 Å². The number of hydrogen-bond acceptors (Lipinski definition) is 2. The van der Waals surface area contributed by atoms with Crippen LogP contribution in [0.3, 0.4) is 0 Å². The summed E-state index contributed by atoms with van der Waals surface area (Å²) in [5.41, 5.74) is -1.17. The second-order valence-electron chi connectivity index (χ2n) is 4.27. The van der Waals surface area contributed by atoms with E-state index in [0.717, 1.165) is 18.5 Å². The standard InChI is InChI=1S/C14H11F4NO/c15-12-4-2-1-3-9(12)7-13(20)10-8-19-6-5-11(10)14(16,17)18/h1-6,8,13,20H,7H2. The number of rotatable bonds is 3. The van der Waals surface area contributed by atoms with Crippen LogP contribution in [0.15, 0.2) is 42.7 Å². The Labute approximate surface area is 112 Å². The molecule has 1 heterocycles. The maximum Gasteiger partial charge on any atom is 0.416 e. The zero-order valence-electron chi connectivity index (χ0n) is 10.2. The summed E-state index contributed by atoms with van der Waals surface area (Å²) in [6.07, 6.45) is -4.36. The first-order valence-electron chi connectivity index (χ1n) is 5.82. The number of aliphatic hydroxyl groups is 1. The third kappa shape index (κ3) is 3.14. The van der Waals surface area contributed by atoms with E-state index in [1.54, 1.807) is 6.07 Å². The summed E-state index contributed by atoms with van der Waals surface area (Å²) < 4.78 is 51.9. The molecule has 1 aromatic heterocycles. The highest BCUT2D eigenvalue weighted by Gasteiger charge is 2.35. The monoisotopic (exact) mass is 285 g/mol. The minimum absolute atomic E-state index is 0.150. The van der Waals surface area contributed by atoms with Crippen molar-refractivity contribution < 1.29 is 22.7 Å². The lowest BCUT2D eigenvalue weighted by atomic mass is 9.98. The lowest BCUT2D eigenvalue weighted by molar-refractivity contribution is -0.139. The third-order valence-corrected chi connectivity index (χ3v) is 2.89. The van der Waals surface area contributed by atoms with E-state index in [-0.39, 0.29) is 17.5 Å². The molecule has 1 aromatic carbocycles. The second-order valence-corrected chi connectivity index (χ2v) is 4.27. The molecule has 2 aromatic rings. The van der Waals surface area contributed by atoms with Crippen molar-refractivity contribution >= 4 is 0 Å². The molecule has 2 nitrogen and oxygen atoms in total. The fourth-order valence-corrected chi connectivity index (χ4v) is 1.91. The Hall–Kier alpha value is -1.95.